The Hall–Kier alpha value is -1.35. The van der Waals surface area contributed by atoms with Crippen LogP contribution in [0.3, 0.4) is 0 Å². The lowest BCUT2D eigenvalue weighted by Crippen LogP contribution is -2.29. The summed E-state index contributed by atoms with van der Waals surface area (Å²) < 4.78 is 0. The van der Waals surface area contributed by atoms with Crippen LogP contribution >= 0.6 is 11.6 Å². The van der Waals surface area contributed by atoms with E-state index in [0.29, 0.717) is 0 Å². The maximum atomic E-state index is 5.89. The molecule has 0 aromatic heterocycles. The van der Waals surface area contributed by atoms with Gasteiger partial charge in [0, 0.05) is 5.02 Å². The van der Waals surface area contributed by atoms with Gasteiger partial charge < -0.3 is 0 Å². The molecular weight excluding hydrogens is 232 g/mol. The van der Waals surface area contributed by atoms with Crippen molar-refractivity contribution in [3.05, 3.63) is 70.2 Å². The predicted molar refractivity (Wildman–Crippen MR) is 71.8 cm³/mol. The van der Waals surface area contributed by atoms with Gasteiger partial charge >= 0.3 is 0 Å². The molecule has 3 N–H and O–H groups in total. The summed E-state index contributed by atoms with van der Waals surface area (Å²) in [6.07, 6.45) is 0. The smallest absolute Gasteiger partial charge is 0.0712 e. The fourth-order valence-electron chi connectivity index (χ4n) is 1.93. The highest BCUT2D eigenvalue weighted by atomic mass is 35.5. The second kappa shape index (κ2) is 5.32. The molecule has 0 radical (unpaired) electrons. The molecule has 0 bridgehead atoms. The van der Waals surface area contributed by atoms with Crippen LogP contribution in [0.25, 0.3) is 0 Å². The van der Waals surface area contributed by atoms with Crippen LogP contribution in [0.1, 0.15) is 22.7 Å². The van der Waals surface area contributed by atoms with Crippen molar-refractivity contribution in [1.29, 1.82) is 0 Å². The summed E-state index contributed by atoms with van der Waals surface area (Å²) in [5, 5.41) is 0.731. The molecule has 0 fully saturated rings. The molecule has 1 atom stereocenters. The molecule has 3 heteroatoms. The predicted octanol–water partition coefficient (Wildman–Crippen LogP) is 3.20. The van der Waals surface area contributed by atoms with Crippen molar-refractivity contribution < 1.29 is 0 Å². The zero-order chi connectivity index (χ0) is 12.3. The van der Waals surface area contributed by atoms with E-state index in [2.05, 4.69) is 24.5 Å². The van der Waals surface area contributed by atoms with Crippen molar-refractivity contribution in [2.75, 3.05) is 0 Å². The lowest BCUT2D eigenvalue weighted by Gasteiger charge is -2.19. The minimum atomic E-state index is -0.00605. The van der Waals surface area contributed by atoms with Crippen molar-refractivity contribution >= 4 is 11.6 Å². The van der Waals surface area contributed by atoms with E-state index in [1.165, 1.54) is 11.1 Å². The average Bonchev–Trinajstić information content (AvgIpc) is 2.35. The van der Waals surface area contributed by atoms with Gasteiger partial charge in [0.1, 0.15) is 0 Å². The topological polar surface area (TPSA) is 38.0 Å². The summed E-state index contributed by atoms with van der Waals surface area (Å²) in [7, 11) is 0. The molecule has 2 rings (SSSR count). The van der Waals surface area contributed by atoms with E-state index in [9.17, 15) is 0 Å². The highest BCUT2D eigenvalue weighted by molar-refractivity contribution is 6.30. The van der Waals surface area contributed by atoms with Crippen LogP contribution in [0.15, 0.2) is 48.5 Å². The molecule has 0 amide bonds. The van der Waals surface area contributed by atoms with Crippen molar-refractivity contribution in [3.63, 3.8) is 0 Å². The van der Waals surface area contributed by atoms with Crippen LogP contribution in [0, 0.1) is 6.92 Å². The Labute approximate surface area is 106 Å². The van der Waals surface area contributed by atoms with Gasteiger partial charge in [0.15, 0.2) is 0 Å². The summed E-state index contributed by atoms with van der Waals surface area (Å²) in [6.45, 7) is 2.08. The third kappa shape index (κ3) is 2.67. The van der Waals surface area contributed by atoms with Gasteiger partial charge in [-0.2, -0.15) is 0 Å². The van der Waals surface area contributed by atoms with Gasteiger partial charge in [-0.15, -0.1) is 0 Å². The quantitative estimate of drug-likeness (QED) is 0.645. The molecule has 2 aromatic carbocycles. The molecule has 0 aliphatic heterocycles. The van der Waals surface area contributed by atoms with E-state index in [-0.39, 0.29) is 6.04 Å². The second-order valence-corrected chi connectivity index (χ2v) is 4.44. The fourth-order valence-corrected chi connectivity index (χ4v) is 2.06. The van der Waals surface area contributed by atoms with Crippen LogP contribution in [0.2, 0.25) is 5.02 Å². The minimum absolute atomic E-state index is 0.00605. The zero-order valence-electron chi connectivity index (χ0n) is 9.65. The monoisotopic (exact) mass is 246 g/mol. The summed E-state index contributed by atoms with van der Waals surface area (Å²) in [5.41, 5.74) is 6.35. The lowest BCUT2D eigenvalue weighted by molar-refractivity contribution is 0.634. The first kappa shape index (κ1) is 12.1. The maximum Gasteiger partial charge on any atom is 0.0712 e. The third-order valence-electron chi connectivity index (χ3n) is 2.87. The van der Waals surface area contributed by atoms with Gasteiger partial charge in [0.25, 0.3) is 0 Å². The molecule has 0 aliphatic rings. The molecule has 0 heterocycles. The highest BCUT2D eigenvalue weighted by Gasteiger charge is 2.13. The number of hydrogen-bond acceptors (Lipinski definition) is 2. The number of benzene rings is 2. The van der Waals surface area contributed by atoms with Gasteiger partial charge in [-0.3, -0.25) is 5.84 Å². The Morgan fingerprint density at radius 2 is 1.71 bits per heavy atom. The zero-order valence-corrected chi connectivity index (χ0v) is 10.4. The summed E-state index contributed by atoms with van der Waals surface area (Å²) in [6, 6.07) is 15.9. The first-order valence-corrected chi connectivity index (χ1v) is 5.87. The van der Waals surface area contributed by atoms with Crippen molar-refractivity contribution in [2.45, 2.75) is 13.0 Å². The number of rotatable bonds is 3. The molecule has 2 nitrogen and oxygen atoms in total. The SMILES string of the molecule is Cc1ccccc1C(NN)c1ccc(Cl)cc1. The van der Waals surface area contributed by atoms with E-state index in [1.807, 2.05) is 36.4 Å². The molecule has 0 spiro atoms. The molecule has 0 aliphatic carbocycles. The first-order chi connectivity index (χ1) is 8.22. The van der Waals surface area contributed by atoms with Gasteiger partial charge in [-0.05, 0) is 35.7 Å². The standard InChI is InChI=1S/C14H15ClN2/c1-10-4-2-3-5-13(10)14(17-16)11-6-8-12(15)9-7-11/h2-9,14,17H,16H2,1H3. The molecular formula is C14H15ClN2. The van der Waals surface area contributed by atoms with Crippen LogP contribution in [0.5, 0.6) is 0 Å². The van der Waals surface area contributed by atoms with E-state index in [1.54, 1.807) is 0 Å². The minimum Gasteiger partial charge on any atom is -0.271 e. The van der Waals surface area contributed by atoms with Gasteiger partial charge in [0.2, 0.25) is 0 Å². The van der Waals surface area contributed by atoms with Crippen molar-refractivity contribution in [2.24, 2.45) is 5.84 Å². The Bertz CT molecular complexity index is 494. The normalized spacial score (nSPS) is 12.4. The molecule has 0 saturated carbocycles. The van der Waals surface area contributed by atoms with Gasteiger partial charge in [-0.25, -0.2) is 5.43 Å². The number of aryl methyl sites for hydroxylation is 1. The summed E-state index contributed by atoms with van der Waals surface area (Å²) >= 11 is 5.89. The molecule has 0 saturated heterocycles. The first-order valence-electron chi connectivity index (χ1n) is 5.49. The Balaban J connectivity index is 2.40. The highest BCUT2D eigenvalue weighted by Crippen LogP contribution is 2.25. The van der Waals surface area contributed by atoms with Crippen molar-refractivity contribution in [1.82, 2.24) is 5.43 Å². The Morgan fingerprint density at radius 3 is 2.29 bits per heavy atom. The fraction of sp³-hybridized carbons (Fsp3) is 0.143. The van der Waals surface area contributed by atoms with Gasteiger partial charge in [0.05, 0.1) is 6.04 Å². The molecule has 1 unspecified atom stereocenters. The number of nitrogens with one attached hydrogen (secondary N) is 1. The number of nitrogens with two attached hydrogens (primary N) is 1. The Kier molecular flexibility index (Phi) is 3.79. The summed E-state index contributed by atoms with van der Waals surface area (Å²) in [5.74, 6) is 5.66. The molecule has 2 aromatic rings. The average molecular weight is 247 g/mol. The number of hydrazine groups is 1. The largest absolute Gasteiger partial charge is 0.271 e. The third-order valence-corrected chi connectivity index (χ3v) is 3.12. The van der Waals surface area contributed by atoms with E-state index >= 15 is 0 Å². The van der Waals surface area contributed by atoms with Crippen LogP contribution in [0.4, 0.5) is 0 Å². The van der Waals surface area contributed by atoms with E-state index < -0.39 is 0 Å². The second-order valence-electron chi connectivity index (χ2n) is 4.01. The van der Waals surface area contributed by atoms with Crippen LogP contribution in [-0.2, 0) is 0 Å². The number of hydrogen-bond donors (Lipinski definition) is 2. The van der Waals surface area contributed by atoms with Crippen LogP contribution in [-0.4, -0.2) is 0 Å². The maximum absolute atomic E-state index is 5.89. The van der Waals surface area contributed by atoms with Crippen LogP contribution < -0.4 is 11.3 Å². The van der Waals surface area contributed by atoms with Crippen molar-refractivity contribution in [3.8, 4) is 0 Å². The number of halogens is 1. The molecule has 88 valence electrons. The summed E-state index contributed by atoms with van der Waals surface area (Å²) in [4.78, 5) is 0. The van der Waals surface area contributed by atoms with E-state index in [0.717, 1.165) is 10.6 Å². The van der Waals surface area contributed by atoms with Gasteiger partial charge in [-0.1, -0.05) is 48.0 Å². The molecule has 17 heavy (non-hydrogen) atoms. The lowest BCUT2D eigenvalue weighted by atomic mass is 9.96. The Morgan fingerprint density at radius 1 is 1.06 bits per heavy atom. The van der Waals surface area contributed by atoms with E-state index in [4.69, 9.17) is 17.4 Å².